The molecule has 0 saturated carbocycles. The zero-order valence-corrected chi connectivity index (χ0v) is 25.3. The maximum Gasteiger partial charge on any atom is 0.247 e. The summed E-state index contributed by atoms with van der Waals surface area (Å²) in [6.45, 7) is 13.3. The van der Waals surface area contributed by atoms with Crippen LogP contribution in [-0.2, 0) is 19.1 Å². The molecule has 1 aromatic carbocycles. The molecule has 228 valence electrons. The fourth-order valence-electron chi connectivity index (χ4n) is 7.30. The molecule has 4 aliphatic rings. The van der Waals surface area contributed by atoms with Crippen molar-refractivity contribution in [3.05, 3.63) is 55.6 Å². The molecule has 1 spiro atoms. The van der Waals surface area contributed by atoms with E-state index in [1.807, 2.05) is 35.2 Å². The van der Waals surface area contributed by atoms with Gasteiger partial charge in [-0.1, -0.05) is 30.4 Å². The largest absolute Gasteiger partial charge is 0.396 e. The number of aliphatic hydroxyl groups excluding tert-OH is 1. The number of aliphatic hydroxyl groups is 1. The number of carbonyl (C=O) groups is 3. The summed E-state index contributed by atoms with van der Waals surface area (Å²) < 4.78 is 4.84. The zero-order valence-electron chi connectivity index (χ0n) is 24.4. The van der Waals surface area contributed by atoms with Gasteiger partial charge in [0.2, 0.25) is 17.7 Å². The summed E-state index contributed by atoms with van der Waals surface area (Å²) in [5.41, 5.74) is 0.780. The van der Waals surface area contributed by atoms with E-state index >= 15 is 0 Å². The molecule has 10 heteroatoms. The Morgan fingerprint density at radius 2 is 1.81 bits per heavy atom. The number of fused-ring (bicyclic) bond motifs is 1. The number of para-hydroxylation sites is 1. The molecule has 4 aliphatic heterocycles. The summed E-state index contributed by atoms with van der Waals surface area (Å²) in [5, 5.41) is 9.45. The number of anilines is 1. The highest BCUT2D eigenvalue weighted by Gasteiger charge is 2.74. The fraction of sp³-hybridized carbons (Fsp3) is 0.594. The van der Waals surface area contributed by atoms with Gasteiger partial charge in [0, 0.05) is 63.4 Å². The molecule has 1 aromatic rings. The number of hydrogen-bond donors (Lipinski definition) is 1. The van der Waals surface area contributed by atoms with Crippen molar-refractivity contribution >= 4 is 35.2 Å². The third kappa shape index (κ3) is 5.78. The van der Waals surface area contributed by atoms with Crippen LogP contribution in [0.2, 0.25) is 0 Å². The highest BCUT2D eigenvalue weighted by atomic mass is 32.2. The molecule has 4 saturated heterocycles. The molecule has 5 rings (SSSR count). The van der Waals surface area contributed by atoms with E-state index in [-0.39, 0.29) is 29.6 Å². The van der Waals surface area contributed by atoms with Gasteiger partial charge in [-0.05, 0) is 37.8 Å². The third-order valence-corrected chi connectivity index (χ3v) is 11.2. The number of thioether (sulfide) groups is 1. The summed E-state index contributed by atoms with van der Waals surface area (Å²) in [6, 6.07) is 8.89. The van der Waals surface area contributed by atoms with Crippen molar-refractivity contribution in [2.75, 3.05) is 70.5 Å². The van der Waals surface area contributed by atoms with Crippen LogP contribution in [0.25, 0.3) is 0 Å². The van der Waals surface area contributed by atoms with Crippen LogP contribution in [-0.4, -0.2) is 119 Å². The Bertz CT molecular complexity index is 1140. The van der Waals surface area contributed by atoms with Gasteiger partial charge in [-0.2, -0.15) is 0 Å². The highest BCUT2D eigenvalue weighted by molar-refractivity contribution is 8.02. The molecule has 3 amide bonds. The molecule has 4 heterocycles. The van der Waals surface area contributed by atoms with Gasteiger partial charge in [-0.25, -0.2) is 0 Å². The van der Waals surface area contributed by atoms with Crippen molar-refractivity contribution in [2.45, 2.75) is 41.7 Å². The molecule has 42 heavy (non-hydrogen) atoms. The number of carbonyl (C=O) groups excluding carboxylic acids is 3. The van der Waals surface area contributed by atoms with Crippen molar-refractivity contribution in [1.29, 1.82) is 0 Å². The van der Waals surface area contributed by atoms with Crippen LogP contribution in [0.4, 0.5) is 5.69 Å². The first-order valence-corrected chi connectivity index (χ1v) is 16.1. The first-order valence-electron chi connectivity index (χ1n) is 15.2. The smallest absolute Gasteiger partial charge is 0.247 e. The molecular formula is C32H44N4O5S. The summed E-state index contributed by atoms with van der Waals surface area (Å²) in [5.74, 6) is -1.29. The van der Waals surface area contributed by atoms with Gasteiger partial charge in [0.1, 0.15) is 6.04 Å². The van der Waals surface area contributed by atoms with Crippen LogP contribution in [0.1, 0.15) is 25.7 Å². The number of morpholine rings is 1. The Hall–Kier alpha value is -2.66. The first-order chi connectivity index (χ1) is 20.5. The van der Waals surface area contributed by atoms with E-state index in [4.69, 9.17) is 4.74 Å². The Labute approximate surface area is 253 Å². The Morgan fingerprint density at radius 1 is 1.07 bits per heavy atom. The van der Waals surface area contributed by atoms with Crippen LogP contribution in [0.15, 0.2) is 55.6 Å². The monoisotopic (exact) mass is 596 g/mol. The molecule has 0 aliphatic carbocycles. The molecular weight excluding hydrogens is 552 g/mol. The van der Waals surface area contributed by atoms with Crippen LogP contribution in [0.5, 0.6) is 0 Å². The van der Waals surface area contributed by atoms with Gasteiger partial charge in [-0.15, -0.1) is 24.9 Å². The molecule has 2 unspecified atom stereocenters. The molecule has 5 atom stereocenters. The van der Waals surface area contributed by atoms with Crippen LogP contribution >= 0.6 is 11.8 Å². The molecule has 0 radical (unpaired) electrons. The molecule has 1 N–H and O–H groups in total. The summed E-state index contributed by atoms with van der Waals surface area (Å²) in [7, 11) is 0. The number of rotatable bonds is 14. The molecule has 2 bridgehead atoms. The van der Waals surface area contributed by atoms with Gasteiger partial charge in [-0.3, -0.25) is 19.3 Å². The Morgan fingerprint density at radius 3 is 2.50 bits per heavy atom. The minimum absolute atomic E-state index is 0.0152. The van der Waals surface area contributed by atoms with E-state index in [1.165, 1.54) is 0 Å². The highest BCUT2D eigenvalue weighted by Crippen LogP contribution is 2.66. The average molecular weight is 597 g/mol. The lowest BCUT2D eigenvalue weighted by atomic mass is 9.70. The second kappa shape index (κ2) is 13.8. The topological polar surface area (TPSA) is 93.6 Å². The summed E-state index contributed by atoms with van der Waals surface area (Å²) in [4.78, 5) is 50.8. The molecule has 0 aromatic heterocycles. The number of likely N-dealkylation sites (tertiary alicyclic amines) is 1. The van der Waals surface area contributed by atoms with Crippen molar-refractivity contribution in [2.24, 2.45) is 11.8 Å². The second-order valence-corrected chi connectivity index (χ2v) is 13.2. The van der Waals surface area contributed by atoms with Crippen LogP contribution in [0.3, 0.4) is 0 Å². The minimum Gasteiger partial charge on any atom is -0.396 e. The lowest BCUT2D eigenvalue weighted by Gasteiger charge is -2.38. The van der Waals surface area contributed by atoms with Crippen molar-refractivity contribution in [3.63, 3.8) is 0 Å². The Balaban J connectivity index is 1.45. The quantitative estimate of drug-likeness (QED) is 0.261. The van der Waals surface area contributed by atoms with E-state index < -0.39 is 22.6 Å². The van der Waals surface area contributed by atoms with E-state index in [2.05, 4.69) is 18.1 Å². The van der Waals surface area contributed by atoms with Crippen LogP contribution in [0, 0.1) is 11.8 Å². The number of ether oxygens (including phenoxy) is 1. The average Bonchev–Trinajstić information content (AvgIpc) is 3.66. The number of unbranched alkanes of at least 4 members (excludes halogenated alkanes) is 1. The maximum absolute atomic E-state index is 14.5. The molecule has 4 fully saturated rings. The van der Waals surface area contributed by atoms with Crippen LogP contribution < -0.4 is 4.90 Å². The van der Waals surface area contributed by atoms with Gasteiger partial charge in [0.25, 0.3) is 0 Å². The first kappa shape index (κ1) is 30.8. The third-order valence-electron chi connectivity index (χ3n) is 9.22. The second-order valence-electron chi connectivity index (χ2n) is 11.6. The van der Waals surface area contributed by atoms with Gasteiger partial charge in [0.15, 0.2) is 0 Å². The summed E-state index contributed by atoms with van der Waals surface area (Å²) >= 11 is 1.70. The van der Waals surface area contributed by atoms with E-state index in [0.29, 0.717) is 52.2 Å². The van der Waals surface area contributed by atoms with E-state index in [1.54, 1.807) is 33.7 Å². The van der Waals surface area contributed by atoms with Crippen molar-refractivity contribution in [1.82, 2.24) is 14.7 Å². The van der Waals surface area contributed by atoms with E-state index in [9.17, 15) is 19.5 Å². The Kier molecular flexibility index (Phi) is 10.1. The van der Waals surface area contributed by atoms with E-state index in [0.717, 1.165) is 38.2 Å². The van der Waals surface area contributed by atoms with Gasteiger partial charge in [0.05, 0.1) is 29.8 Å². The van der Waals surface area contributed by atoms with Crippen molar-refractivity contribution < 1.29 is 24.2 Å². The lowest BCUT2D eigenvalue weighted by molar-refractivity contribution is -0.142. The molecule has 9 nitrogen and oxygen atoms in total. The van der Waals surface area contributed by atoms with Crippen molar-refractivity contribution in [3.8, 4) is 0 Å². The van der Waals surface area contributed by atoms with Gasteiger partial charge >= 0.3 is 0 Å². The number of nitrogens with zero attached hydrogens (tertiary/aromatic N) is 4. The summed E-state index contributed by atoms with van der Waals surface area (Å²) in [6.07, 6.45) is 6.14. The minimum atomic E-state index is -0.646. The maximum atomic E-state index is 14.5. The predicted octanol–water partition coefficient (Wildman–Crippen LogP) is 2.42. The predicted molar refractivity (Wildman–Crippen MR) is 165 cm³/mol. The normalized spacial score (nSPS) is 28.5. The number of amides is 3. The lowest BCUT2D eigenvalue weighted by Crippen LogP contribution is -2.56. The number of hydrogen-bond acceptors (Lipinski definition) is 7. The SMILES string of the molecule is C=CCN(CCN1CCOCC1)C(=O)C1N(CCCCO)C(=O)[C@@H]2[C@@H](C(=O)N(CC=C)c3ccccc3)[C@H]3CCC12S3. The fourth-order valence-corrected chi connectivity index (χ4v) is 9.50. The zero-order chi connectivity index (χ0) is 29.7. The van der Waals surface area contributed by atoms with Gasteiger partial charge < -0.3 is 24.5 Å². The number of benzene rings is 1. The standard InChI is InChI=1S/C32H44N4O5S/c1-3-14-34(18-17-33-19-22-41-23-20-33)31(40)28-32-13-12-25(42-32)26(27(32)30(39)36(28)16-8-9-21-37)29(38)35(15-4-2)24-10-6-5-7-11-24/h3-7,10-11,25-28,37H,1-2,8-9,12-23H2/t25-,26+,27+,28?,32?/m1/s1.